The summed E-state index contributed by atoms with van der Waals surface area (Å²) in [5.74, 6) is -0.329. The second-order valence-electron chi connectivity index (χ2n) is 6.88. The molecule has 0 aliphatic heterocycles. The van der Waals surface area contributed by atoms with E-state index in [0.29, 0.717) is 21.4 Å². The van der Waals surface area contributed by atoms with E-state index in [9.17, 15) is 9.59 Å². The van der Waals surface area contributed by atoms with Crippen molar-refractivity contribution < 1.29 is 9.59 Å². The predicted octanol–water partition coefficient (Wildman–Crippen LogP) is 4.99. The number of anilines is 1. The van der Waals surface area contributed by atoms with E-state index in [1.165, 1.54) is 18.7 Å². The number of rotatable bonds is 7. The number of benzene rings is 3. The number of ketones is 1. The molecule has 0 saturated heterocycles. The van der Waals surface area contributed by atoms with Crippen LogP contribution < -0.4 is 5.32 Å². The molecule has 1 amide bonds. The van der Waals surface area contributed by atoms with Gasteiger partial charge in [-0.25, -0.2) is 0 Å². The van der Waals surface area contributed by atoms with Gasteiger partial charge in [-0.3, -0.25) is 9.59 Å². The summed E-state index contributed by atoms with van der Waals surface area (Å²) in [6, 6.07) is 23.3. The van der Waals surface area contributed by atoms with Gasteiger partial charge in [-0.15, -0.1) is 5.10 Å². The van der Waals surface area contributed by atoms with Crippen LogP contribution in [0.15, 0.2) is 84.0 Å². The zero-order valence-electron chi connectivity index (χ0n) is 17.0. The standard InChI is InChI=1S/C23H18ClN5O2S/c1-15(30)17-8-5-9-19(14-17)25-22(31)21(16-6-3-2-4-7-16)32-23-26-27-28-29(23)20-12-10-18(24)11-13-20/h2-14,21H,1H3,(H,25,31). The summed E-state index contributed by atoms with van der Waals surface area (Å²) in [6.45, 7) is 1.49. The number of carbonyl (C=O) groups excluding carboxylic acids is 2. The molecular weight excluding hydrogens is 446 g/mol. The van der Waals surface area contributed by atoms with Crippen molar-refractivity contribution in [3.05, 3.63) is 95.0 Å². The summed E-state index contributed by atoms with van der Waals surface area (Å²) in [5.41, 5.74) is 2.59. The van der Waals surface area contributed by atoms with Gasteiger partial charge in [0.05, 0.1) is 5.69 Å². The highest BCUT2D eigenvalue weighted by Gasteiger charge is 2.25. The lowest BCUT2D eigenvalue weighted by molar-refractivity contribution is -0.115. The molecule has 0 radical (unpaired) electrons. The number of halogens is 1. The largest absolute Gasteiger partial charge is 0.325 e. The Balaban J connectivity index is 1.64. The quantitative estimate of drug-likeness (QED) is 0.307. The molecule has 0 aliphatic rings. The van der Waals surface area contributed by atoms with Crippen LogP contribution in [-0.4, -0.2) is 31.9 Å². The van der Waals surface area contributed by atoms with Crippen LogP contribution in [0.5, 0.6) is 0 Å². The second-order valence-corrected chi connectivity index (χ2v) is 8.39. The average molecular weight is 464 g/mol. The van der Waals surface area contributed by atoms with E-state index in [1.54, 1.807) is 53.2 Å². The van der Waals surface area contributed by atoms with Crippen molar-refractivity contribution >= 4 is 40.7 Å². The Morgan fingerprint density at radius 2 is 1.75 bits per heavy atom. The van der Waals surface area contributed by atoms with Crippen molar-refractivity contribution in [3.8, 4) is 5.69 Å². The molecule has 1 aromatic heterocycles. The zero-order chi connectivity index (χ0) is 22.5. The fraction of sp³-hybridized carbons (Fsp3) is 0.0870. The number of tetrazole rings is 1. The molecule has 9 heteroatoms. The monoisotopic (exact) mass is 463 g/mol. The van der Waals surface area contributed by atoms with Crippen LogP contribution in [0.1, 0.15) is 28.1 Å². The number of aromatic nitrogens is 4. The summed E-state index contributed by atoms with van der Waals surface area (Å²) < 4.78 is 1.56. The molecule has 0 bridgehead atoms. The molecule has 0 spiro atoms. The lowest BCUT2D eigenvalue weighted by Crippen LogP contribution is -2.19. The molecule has 1 N–H and O–H groups in total. The van der Waals surface area contributed by atoms with E-state index in [1.807, 2.05) is 30.3 Å². The van der Waals surface area contributed by atoms with Crippen molar-refractivity contribution in [1.29, 1.82) is 0 Å². The van der Waals surface area contributed by atoms with Gasteiger partial charge in [0.15, 0.2) is 5.78 Å². The maximum absolute atomic E-state index is 13.3. The van der Waals surface area contributed by atoms with Gasteiger partial charge < -0.3 is 5.32 Å². The van der Waals surface area contributed by atoms with Crippen LogP contribution in [0.2, 0.25) is 5.02 Å². The minimum Gasteiger partial charge on any atom is -0.325 e. The molecule has 4 rings (SSSR count). The number of hydrogen-bond donors (Lipinski definition) is 1. The molecule has 32 heavy (non-hydrogen) atoms. The number of thioether (sulfide) groups is 1. The molecule has 0 fully saturated rings. The lowest BCUT2D eigenvalue weighted by Gasteiger charge is -2.17. The Bertz CT molecular complexity index is 1240. The summed E-state index contributed by atoms with van der Waals surface area (Å²) in [5, 5.41) is 15.3. The van der Waals surface area contributed by atoms with Gasteiger partial charge in [-0.05, 0) is 59.3 Å². The first-order valence-corrected chi connectivity index (χ1v) is 10.9. The van der Waals surface area contributed by atoms with E-state index in [0.717, 1.165) is 11.3 Å². The van der Waals surface area contributed by atoms with Crippen LogP contribution in [-0.2, 0) is 4.79 Å². The van der Waals surface area contributed by atoms with Crippen LogP contribution in [0.3, 0.4) is 0 Å². The topological polar surface area (TPSA) is 89.8 Å². The van der Waals surface area contributed by atoms with Gasteiger partial charge in [0.25, 0.3) is 0 Å². The number of hydrogen-bond acceptors (Lipinski definition) is 6. The Kier molecular flexibility index (Phi) is 6.63. The van der Waals surface area contributed by atoms with Gasteiger partial charge >= 0.3 is 0 Å². The molecule has 0 saturated carbocycles. The van der Waals surface area contributed by atoms with Crippen molar-refractivity contribution in [3.63, 3.8) is 0 Å². The third kappa shape index (κ3) is 5.04. The predicted molar refractivity (Wildman–Crippen MR) is 124 cm³/mol. The molecule has 3 aromatic carbocycles. The number of nitrogens with zero attached hydrogens (tertiary/aromatic N) is 4. The van der Waals surface area contributed by atoms with E-state index in [2.05, 4.69) is 20.8 Å². The molecule has 7 nitrogen and oxygen atoms in total. The van der Waals surface area contributed by atoms with Crippen LogP contribution in [0.4, 0.5) is 5.69 Å². The third-order valence-corrected chi connectivity index (χ3v) is 6.05. The smallest absolute Gasteiger partial charge is 0.242 e. The molecule has 1 heterocycles. The van der Waals surface area contributed by atoms with Crippen LogP contribution in [0.25, 0.3) is 5.69 Å². The molecule has 4 aromatic rings. The first kappa shape index (κ1) is 21.7. The van der Waals surface area contributed by atoms with E-state index < -0.39 is 5.25 Å². The van der Waals surface area contributed by atoms with E-state index in [4.69, 9.17) is 11.6 Å². The number of Topliss-reactive ketones (excluding diaryl/α,β-unsaturated/α-hetero) is 1. The van der Waals surface area contributed by atoms with Gasteiger partial charge in [-0.1, -0.05) is 65.8 Å². The molecular formula is C23H18ClN5O2S. The van der Waals surface area contributed by atoms with Crippen molar-refractivity contribution in [2.45, 2.75) is 17.3 Å². The number of nitrogens with one attached hydrogen (secondary N) is 1. The van der Waals surface area contributed by atoms with Crippen LogP contribution >= 0.6 is 23.4 Å². The Labute approximate surface area is 193 Å². The highest BCUT2D eigenvalue weighted by atomic mass is 35.5. The van der Waals surface area contributed by atoms with Gasteiger partial charge in [0.1, 0.15) is 5.25 Å². The average Bonchev–Trinajstić information content (AvgIpc) is 3.27. The molecule has 0 aliphatic carbocycles. The first-order chi connectivity index (χ1) is 15.5. The van der Waals surface area contributed by atoms with Crippen molar-refractivity contribution in [2.24, 2.45) is 0 Å². The van der Waals surface area contributed by atoms with Gasteiger partial charge in [-0.2, -0.15) is 4.68 Å². The van der Waals surface area contributed by atoms with Crippen molar-refractivity contribution in [2.75, 3.05) is 5.32 Å². The summed E-state index contributed by atoms with van der Waals surface area (Å²) in [6.07, 6.45) is 0. The summed E-state index contributed by atoms with van der Waals surface area (Å²) in [7, 11) is 0. The maximum atomic E-state index is 13.3. The fourth-order valence-corrected chi connectivity index (χ4v) is 4.15. The van der Waals surface area contributed by atoms with Gasteiger partial charge in [0.2, 0.25) is 11.1 Å². The highest BCUT2D eigenvalue weighted by molar-refractivity contribution is 8.00. The maximum Gasteiger partial charge on any atom is 0.242 e. The highest BCUT2D eigenvalue weighted by Crippen LogP contribution is 2.36. The summed E-state index contributed by atoms with van der Waals surface area (Å²) in [4.78, 5) is 25.0. The SMILES string of the molecule is CC(=O)c1cccc(NC(=O)C(Sc2nnnn2-c2ccc(Cl)cc2)c2ccccc2)c1. The summed E-state index contributed by atoms with van der Waals surface area (Å²) >= 11 is 7.21. The van der Waals surface area contributed by atoms with Crippen LogP contribution in [0, 0.1) is 0 Å². The first-order valence-electron chi connectivity index (χ1n) is 9.69. The Hall–Kier alpha value is -3.49. The zero-order valence-corrected chi connectivity index (χ0v) is 18.5. The Morgan fingerprint density at radius 1 is 1.00 bits per heavy atom. The van der Waals surface area contributed by atoms with E-state index >= 15 is 0 Å². The fourth-order valence-electron chi connectivity index (χ4n) is 3.03. The number of amides is 1. The minimum atomic E-state index is -0.630. The second kappa shape index (κ2) is 9.76. The third-order valence-electron chi connectivity index (χ3n) is 4.61. The molecule has 1 atom stereocenters. The Morgan fingerprint density at radius 3 is 2.47 bits per heavy atom. The number of carbonyl (C=O) groups is 2. The normalized spacial score (nSPS) is 11.7. The van der Waals surface area contributed by atoms with Gasteiger partial charge in [0, 0.05) is 16.3 Å². The molecule has 1 unspecified atom stereocenters. The van der Waals surface area contributed by atoms with E-state index in [-0.39, 0.29) is 11.7 Å². The molecule has 160 valence electrons. The minimum absolute atomic E-state index is 0.0720. The van der Waals surface area contributed by atoms with Crippen molar-refractivity contribution in [1.82, 2.24) is 20.2 Å². The lowest BCUT2D eigenvalue weighted by atomic mass is 10.1.